The van der Waals surface area contributed by atoms with Crippen molar-refractivity contribution in [3.8, 4) is 0 Å². The number of amides is 1. The molecule has 3 nitrogen and oxygen atoms in total. The molecule has 1 amide bonds. The minimum absolute atomic E-state index is 0.0137. The molecule has 30 heavy (non-hydrogen) atoms. The third kappa shape index (κ3) is 6.64. The predicted octanol–water partition coefficient (Wildman–Crippen LogP) is 6.79. The van der Waals surface area contributed by atoms with Crippen LogP contribution >= 0.6 is 0 Å². The summed E-state index contributed by atoms with van der Waals surface area (Å²) in [6.45, 7) is 8.70. The maximum atomic E-state index is 12.5. The van der Waals surface area contributed by atoms with Crippen LogP contribution in [0.15, 0.2) is 59.8 Å². The Bertz CT molecular complexity index is 940. The number of rotatable bonds is 7. The Morgan fingerprint density at radius 3 is 2.47 bits per heavy atom. The molecule has 2 aromatic carbocycles. The molecule has 0 aromatic heterocycles. The summed E-state index contributed by atoms with van der Waals surface area (Å²) in [5.41, 5.74) is 14.6. The molecular weight excluding hydrogens is 368 g/mol. The van der Waals surface area contributed by atoms with Gasteiger partial charge >= 0.3 is 0 Å². The van der Waals surface area contributed by atoms with E-state index in [0.717, 1.165) is 29.3 Å². The fourth-order valence-corrected chi connectivity index (χ4v) is 3.61. The number of benzene rings is 2. The van der Waals surface area contributed by atoms with Crippen LogP contribution in [0.5, 0.6) is 0 Å². The first-order chi connectivity index (χ1) is 14.2. The zero-order chi connectivity index (χ0) is 21.7. The van der Waals surface area contributed by atoms with Crippen molar-refractivity contribution in [2.24, 2.45) is 11.3 Å². The quantitative estimate of drug-likeness (QED) is 0.396. The SMILES string of the molecule is CC(CC(=O)Nc1ccc(C2CC2)cc1)CC(=C=Cc1cccc(N)c1)C(C)(C)C. The highest BCUT2D eigenvalue weighted by molar-refractivity contribution is 5.90. The molecule has 158 valence electrons. The van der Waals surface area contributed by atoms with Crippen molar-refractivity contribution in [2.45, 2.75) is 59.3 Å². The second-order valence-electron chi connectivity index (χ2n) is 9.65. The minimum Gasteiger partial charge on any atom is -0.399 e. The summed E-state index contributed by atoms with van der Waals surface area (Å²) in [4.78, 5) is 12.5. The van der Waals surface area contributed by atoms with Gasteiger partial charge < -0.3 is 11.1 Å². The molecule has 0 saturated heterocycles. The van der Waals surface area contributed by atoms with Crippen molar-refractivity contribution in [3.05, 3.63) is 71.0 Å². The monoisotopic (exact) mass is 402 g/mol. The summed E-state index contributed by atoms with van der Waals surface area (Å²) < 4.78 is 0. The average Bonchev–Trinajstić information content (AvgIpc) is 3.50. The van der Waals surface area contributed by atoms with Gasteiger partial charge in [0.15, 0.2) is 0 Å². The van der Waals surface area contributed by atoms with E-state index in [2.05, 4.69) is 50.9 Å². The molecule has 3 N–H and O–H groups in total. The van der Waals surface area contributed by atoms with Crippen LogP contribution in [-0.2, 0) is 4.79 Å². The van der Waals surface area contributed by atoms with Gasteiger partial charge in [0, 0.05) is 17.8 Å². The molecule has 0 heterocycles. The Kier molecular flexibility index (Phi) is 6.84. The van der Waals surface area contributed by atoms with Gasteiger partial charge in [-0.1, -0.05) is 52.0 Å². The number of carbonyl (C=O) groups excluding carboxylic acids is 1. The lowest BCUT2D eigenvalue weighted by Gasteiger charge is -2.24. The molecule has 1 aliphatic carbocycles. The van der Waals surface area contributed by atoms with Gasteiger partial charge in [0.2, 0.25) is 5.91 Å². The average molecular weight is 403 g/mol. The normalized spacial score (nSPS) is 14.5. The molecule has 1 saturated carbocycles. The van der Waals surface area contributed by atoms with E-state index in [1.807, 2.05) is 42.5 Å². The first-order valence-corrected chi connectivity index (χ1v) is 10.9. The van der Waals surface area contributed by atoms with Crippen LogP contribution in [0.1, 0.15) is 70.4 Å². The summed E-state index contributed by atoms with van der Waals surface area (Å²) in [5, 5.41) is 3.05. The van der Waals surface area contributed by atoms with Crippen molar-refractivity contribution < 1.29 is 4.79 Å². The predicted molar refractivity (Wildman–Crippen MR) is 127 cm³/mol. The maximum absolute atomic E-state index is 12.5. The Morgan fingerprint density at radius 2 is 1.87 bits per heavy atom. The molecule has 0 bridgehead atoms. The van der Waals surface area contributed by atoms with Gasteiger partial charge in [-0.2, -0.15) is 0 Å². The largest absolute Gasteiger partial charge is 0.399 e. The van der Waals surface area contributed by atoms with Crippen molar-refractivity contribution in [2.75, 3.05) is 11.1 Å². The van der Waals surface area contributed by atoms with E-state index in [1.165, 1.54) is 24.0 Å². The molecule has 1 unspecified atom stereocenters. The highest BCUT2D eigenvalue weighted by atomic mass is 16.1. The highest BCUT2D eigenvalue weighted by Crippen LogP contribution is 2.40. The lowest BCUT2D eigenvalue weighted by Crippen LogP contribution is -2.18. The lowest BCUT2D eigenvalue weighted by molar-refractivity contribution is -0.117. The zero-order valence-corrected chi connectivity index (χ0v) is 18.7. The minimum atomic E-state index is -0.0137. The summed E-state index contributed by atoms with van der Waals surface area (Å²) >= 11 is 0. The second kappa shape index (κ2) is 9.36. The zero-order valence-electron chi connectivity index (χ0n) is 18.7. The summed E-state index contributed by atoms with van der Waals surface area (Å²) in [5.74, 6) is 1.03. The molecule has 1 atom stereocenters. The third-order valence-corrected chi connectivity index (χ3v) is 5.56. The highest BCUT2D eigenvalue weighted by Gasteiger charge is 2.23. The summed E-state index contributed by atoms with van der Waals surface area (Å²) in [6, 6.07) is 16.1. The number of hydrogen-bond donors (Lipinski definition) is 2. The topological polar surface area (TPSA) is 55.1 Å². The van der Waals surface area contributed by atoms with E-state index >= 15 is 0 Å². The number of nitrogen functional groups attached to an aromatic ring is 1. The first kappa shape index (κ1) is 21.9. The van der Waals surface area contributed by atoms with Crippen LogP contribution in [0, 0.1) is 11.3 Å². The van der Waals surface area contributed by atoms with Crippen molar-refractivity contribution >= 4 is 23.4 Å². The second-order valence-corrected chi connectivity index (χ2v) is 9.65. The van der Waals surface area contributed by atoms with Crippen molar-refractivity contribution in [1.82, 2.24) is 0 Å². The van der Waals surface area contributed by atoms with Crippen LogP contribution < -0.4 is 11.1 Å². The fourth-order valence-electron chi connectivity index (χ4n) is 3.61. The van der Waals surface area contributed by atoms with E-state index in [4.69, 9.17) is 5.73 Å². The molecule has 3 rings (SSSR count). The Hall–Kier alpha value is -2.77. The van der Waals surface area contributed by atoms with Crippen LogP contribution in [-0.4, -0.2) is 5.91 Å². The van der Waals surface area contributed by atoms with E-state index < -0.39 is 0 Å². The molecule has 1 aliphatic rings. The Balaban J connectivity index is 1.61. The van der Waals surface area contributed by atoms with Gasteiger partial charge in [-0.05, 0) is 83.6 Å². The maximum Gasteiger partial charge on any atom is 0.224 e. The number of allylic oxidation sites excluding steroid dienone is 1. The number of nitrogens with two attached hydrogens (primary N) is 1. The van der Waals surface area contributed by atoms with Crippen molar-refractivity contribution in [3.63, 3.8) is 0 Å². The molecule has 2 aromatic rings. The molecule has 1 fully saturated rings. The third-order valence-electron chi connectivity index (χ3n) is 5.56. The molecular formula is C27H34N2O. The number of anilines is 2. The Labute approximate surface area is 181 Å². The van der Waals surface area contributed by atoms with Gasteiger partial charge in [-0.15, -0.1) is 5.73 Å². The molecule has 0 spiro atoms. The van der Waals surface area contributed by atoms with E-state index in [9.17, 15) is 4.79 Å². The van der Waals surface area contributed by atoms with Crippen molar-refractivity contribution in [1.29, 1.82) is 0 Å². The lowest BCUT2D eigenvalue weighted by atomic mass is 9.81. The van der Waals surface area contributed by atoms with Gasteiger partial charge in [0.1, 0.15) is 0 Å². The van der Waals surface area contributed by atoms with E-state index in [1.54, 1.807) is 0 Å². The summed E-state index contributed by atoms with van der Waals surface area (Å²) in [6.07, 6.45) is 5.89. The summed E-state index contributed by atoms with van der Waals surface area (Å²) in [7, 11) is 0. The smallest absolute Gasteiger partial charge is 0.224 e. The van der Waals surface area contributed by atoms with Crippen LogP contribution in [0.2, 0.25) is 0 Å². The van der Waals surface area contributed by atoms with Crippen LogP contribution in [0.25, 0.3) is 6.08 Å². The standard InChI is InChI=1S/C27H34N2O/c1-19(17-26(30)29-25-14-11-22(12-15-25)21-9-10-21)16-23(27(2,3)4)13-8-20-6-5-7-24(28)18-20/h5-8,11-12,14-15,18-19,21H,9-10,16-17,28H2,1-4H3,(H,29,30). The van der Waals surface area contributed by atoms with Gasteiger partial charge in [-0.3, -0.25) is 4.79 Å². The number of hydrogen-bond acceptors (Lipinski definition) is 2. The van der Waals surface area contributed by atoms with Gasteiger partial charge in [0.25, 0.3) is 0 Å². The van der Waals surface area contributed by atoms with E-state index in [0.29, 0.717) is 6.42 Å². The van der Waals surface area contributed by atoms with E-state index in [-0.39, 0.29) is 17.2 Å². The van der Waals surface area contributed by atoms with Crippen LogP contribution in [0.4, 0.5) is 11.4 Å². The number of nitrogens with one attached hydrogen (secondary N) is 1. The number of carbonyl (C=O) groups is 1. The van der Waals surface area contributed by atoms with Gasteiger partial charge in [0.05, 0.1) is 0 Å². The van der Waals surface area contributed by atoms with Crippen LogP contribution in [0.3, 0.4) is 0 Å². The molecule has 0 aliphatic heterocycles. The molecule has 0 radical (unpaired) electrons. The fraction of sp³-hybridized carbons (Fsp3) is 0.407. The first-order valence-electron chi connectivity index (χ1n) is 10.9. The molecule has 3 heteroatoms. The van der Waals surface area contributed by atoms with Gasteiger partial charge in [-0.25, -0.2) is 0 Å². The Morgan fingerprint density at radius 1 is 1.17 bits per heavy atom.